The van der Waals surface area contributed by atoms with Crippen LogP contribution in [0.5, 0.6) is 0 Å². The Bertz CT molecular complexity index is 1480. The molecule has 0 saturated heterocycles. The molecule has 0 aliphatic carbocycles. The number of fused-ring (bicyclic) bond motifs is 1. The predicted molar refractivity (Wildman–Crippen MR) is 155 cm³/mol. The summed E-state index contributed by atoms with van der Waals surface area (Å²) < 4.78 is 6.60. The maximum Gasteiger partial charge on any atom is 0.139 e. The minimum absolute atomic E-state index is 0.0319. The van der Waals surface area contributed by atoms with Crippen molar-refractivity contribution in [2.24, 2.45) is 0 Å². The molecule has 2 heterocycles. The molecule has 0 unspecified atom stereocenters. The molecule has 0 bridgehead atoms. The van der Waals surface area contributed by atoms with E-state index in [9.17, 15) is 0 Å². The second-order valence-electron chi connectivity index (χ2n) is 10.0. The van der Waals surface area contributed by atoms with Crippen molar-refractivity contribution in [2.45, 2.75) is 32.6 Å². The van der Waals surface area contributed by atoms with Crippen molar-refractivity contribution in [2.75, 3.05) is 6.67 Å². The van der Waals surface area contributed by atoms with E-state index < -0.39 is 0 Å². The first-order valence-corrected chi connectivity index (χ1v) is 13.5. The highest BCUT2D eigenvalue weighted by Gasteiger charge is 2.35. The zero-order valence-corrected chi connectivity index (χ0v) is 22.3. The van der Waals surface area contributed by atoms with Crippen molar-refractivity contribution in [3.8, 4) is 11.3 Å². The van der Waals surface area contributed by atoms with Crippen LogP contribution < -0.4 is 0 Å². The van der Waals surface area contributed by atoms with Gasteiger partial charge in [0.1, 0.15) is 11.5 Å². The molecule has 0 fully saturated rings. The van der Waals surface area contributed by atoms with E-state index in [0.29, 0.717) is 0 Å². The van der Waals surface area contributed by atoms with Crippen LogP contribution in [0.4, 0.5) is 0 Å². The second kappa shape index (κ2) is 11.0. The number of hydrogen-bond donors (Lipinski definition) is 0. The topological polar surface area (TPSA) is 19.6 Å². The van der Waals surface area contributed by atoms with Crippen LogP contribution in [0.15, 0.2) is 120 Å². The largest absolute Gasteiger partial charge is 0.461 e. The van der Waals surface area contributed by atoms with Crippen molar-refractivity contribution < 1.29 is 4.42 Å². The summed E-state index contributed by atoms with van der Waals surface area (Å²) in [5, 5.41) is 0.747. The highest BCUT2D eigenvalue weighted by molar-refractivity contribution is 6.30. The summed E-state index contributed by atoms with van der Waals surface area (Å²) in [4.78, 5) is 5.11. The molecule has 1 aliphatic heterocycles. The lowest BCUT2D eigenvalue weighted by atomic mass is 9.92. The van der Waals surface area contributed by atoms with E-state index in [-0.39, 0.29) is 6.04 Å². The lowest BCUT2D eigenvalue weighted by molar-refractivity contribution is 0.0989. The number of aryl methyl sites for hydroxylation is 1. The molecule has 6 rings (SSSR count). The molecule has 3 nitrogen and oxygen atoms in total. The molecule has 0 N–H and O–H groups in total. The summed E-state index contributed by atoms with van der Waals surface area (Å²) in [6.45, 7) is 5.42. The van der Waals surface area contributed by atoms with Gasteiger partial charge in [-0.1, -0.05) is 115 Å². The molecular weight excluding hydrogens is 488 g/mol. The maximum absolute atomic E-state index is 6.60. The average Bonchev–Trinajstić information content (AvgIpc) is 3.17. The first-order valence-electron chi connectivity index (χ1n) is 13.1. The van der Waals surface area contributed by atoms with Crippen LogP contribution in [0, 0.1) is 6.92 Å². The number of nitrogens with zero attached hydrogens (tertiary/aromatic N) is 2. The lowest BCUT2D eigenvalue weighted by Gasteiger charge is -2.34. The number of rotatable bonds is 6. The summed E-state index contributed by atoms with van der Waals surface area (Å²) in [5.41, 5.74) is 7.46. The molecule has 0 radical (unpaired) electrons. The van der Waals surface area contributed by atoms with Gasteiger partial charge in [-0.3, -0.25) is 9.80 Å². The van der Waals surface area contributed by atoms with E-state index in [4.69, 9.17) is 16.0 Å². The monoisotopic (exact) mass is 518 g/mol. The standard InChI is InChI=1S/C34H31ClN2O/c1-25-32-31(34(38-25)29-15-9-4-10-16-29)23-36(21-26-11-5-2-6-12-26)24-37(22-27-13-7-3-8-14-27)33(32)28-17-19-30(35)20-18-28/h2-20,33H,21-24H2,1H3/t33-/m1/s1. The van der Waals surface area contributed by atoms with Gasteiger partial charge in [0.05, 0.1) is 12.7 Å². The fourth-order valence-electron chi connectivity index (χ4n) is 5.67. The van der Waals surface area contributed by atoms with Crippen LogP contribution in [0.25, 0.3) is 11.3 Å². The fourth-order valence-corrected chi connectivity index (χ4v) is 5.79. The third-order valence-corrected chi connectivity index (χ3v) is 7.59. The van der Waals surface area contributed by atoms with Crippen molar-refractivity contribution >= 4 is 11.6 Å². The van der Waals surface area contributed by atoms with E-state index >= 15 is 0 Å². The Labute approximate surface area is 229 Å². The molecule has 1 aromatic heterocycles. The minimum Gasteiger partial charge on any atom is -0.461 e. The van der Waals surface area contributed by atoms with Gasteiger partial charge < -0.3 is 4.42 Å². The van der Waals surface area contributed by atoms with Gasteiger partial charge in [0.25, 0.3) is 0 Å². The van der Waals surface area contributed by atoms with E-state index in [0.717, 1.165) is 48.4 Å². The normalized spacial score (nSPS) is 16.2. The molecule has 0 saturated carbocycles. The van der Waals surface area contributed by atoms with Crippen LogP contribution in [-0.2, 0) is 19.6 Å². The first-order chi connectivity index (χ1) is 18.7. The number of hydrogen-bond acceptors (Lipinski definition) is 3. The highest BCUT2D eigenvalue weighted by atomic mass is 35.5. The Kier molecular flexibility index (Phi) is 7.15. The van der Waals surface area contributed by atoms with Crippen LogP contribution >= 0.6 is 11.6 Å². The maximum atomic E-state index is 6.60. The van der Waals surface area contributed by atoms with Crippen molar-refractivity contribution in [1.82, 2.24) is 9.80 Å². The van der Waals surface area contributed by atoms with Gasteiger partial charge in [-0.15, -0.1) is 0 Å². The third-order valence-electron chi connectivity index (χ3n) is 7.33. The van der Waals surface area contributed by atoms with Crippen LogP contribution in [-0.4, -0.2) is 16.5 Å². The summed E-state index contributed by atoms with van der Waals surface area (Å²) in [6.07, 6.45) is 0. The molecule has 1 atom stereocenters. The SMILES string of the molecule is Cc1oc(-c2ccccc2)c2c1[C@@H](c1ccc(Cl)cc1)N(Cc1ccccc1)CN(Cc1ccccc1)C2. The quantitative estimate of drug-likeness (QED) is 0.225. The second-order valence-corrected chi connectivity index (χ2v) is 10.5. The molecule has 0 amide bonds. The highest BCUT2D eigenvalue weighted by Crippen LogP contribution is 2.43. The van der Waals surface area contributed by atoms with Gasteiger partial charge in [0.2, 0.25) is 0 Å². The number of halogens is 1. The Morgan fingerprint density at radius 3 is 1.95 bits per heavy atom. The Morgan fingerprint density at radius 2 is 1.32 bits per heavy atom. The third kappa shape index (κ3) is 5.19. The van der Waals surface area contributed by atoms with Crippen molar-refractivity contribution in [3.05, 3.63) is 154 Å². The first kappa shape index (κ1) is 24.7. The Hall–Kier alpha value is -3.63. The molecule has 4 heteroatoms. The Morgan fingerprint density at radius 1 is 0.737 bits per heavy atom. The minimum atomic E-state index is 0.0319. The molecule has 0 spiro atoms. The van der Waals surface area contributed by atoms with E-state index in [2.05, 4.69) is 120 Å². The molecule has 190 valence electrons. The van der Waals surface area contributed by atoms with E-state index in [1.807, 2.05) is 12.1 Å². The fraction of sp³-hybridized carbons (Fsp3) is 0.176. The smallest absolute Gasteiger partial charge is 0.139 e. The zero-order valence-electron chi connectivity index (χ0n) is 21.6. The van der Waals surface area contributed by atoms with Gasteiger partial charge in [-0.25, -0.2) is 0 Å². The summed E-state index contributed by atoms with van der Waals surface area (Å²) >= 11 is 6.34. The van der Waals surface area contributed by atoms with Gasteiger partial charge in [0, 0.05) is 41.3 Å². The van der Waals surface area contributed by atoms with Gasteiger partial charge in [0.15, 0.2) is 0 Å². The lowest BCUT2D eigenvalue weighted by Crippen LogP contribution is -2.37. The van der Waals surface area contributed by atoms with Crippen LogP contribution in [0.2, 0.25) is 5.02 Å². The molecule has 1 aliphatic rings. The average molecular weight is 519 g/mol. The number of furan rings is 1. The summed E-state index contributed by atoms with van der Waals surface area (Å²) in [5.74, 6) is 1.94. The van der Waals surface area contributed by atoms with Crippen LogP contribution in [0.1, 0.15) is 39.6 Å². The van der Waals surface area contributed by atoms with E-state index in [1.54, 1.807) is 0 Å². The molecule has 4 aromatic carbocycles. The number of benzene rings is 4. The van der Waals surface area contributed by atoms with Gasteiger partial charge >= 0.3 is 0 Å². The predicted octanol–water partition coefficient (Wildman–Crippen LogP) is 8.47. The van der Waals surface area contributed by atoms with Gasteiger partial charge in [-0.05, 0) is 35.7 Å². The molecule has 38 heavy (non-hydrogen) atoms. The zero-order chi connectivity index (χ0) is 25.9. The molecular formula is C34H31ClN2O. The van der Waals surface area contributed by atoms with Crippen molar-refractivity contribution in [1.29, 1.82) is 0 Å². The van der Waals surface area contributed by atoms with Crippen LogP contribution in [0.3, 0.4) is 0 Å². The van der Waals surface area contributed by atoms with Crippen molar-refractivity contribution in [3.63, 3.8) is 0 Å². The summed E-state index contributed by atoms with van der Waals surface area (Å²) in [7, 11) is 0. The van der Waals surface area contributed by atoms with E-state index in [1.165, 1.54) is 27.8 Å². The molecule has 5 aromatic rings. The summed E-state index contributed by atoms with van der Waals surface area (Å²) in [6, 6.07) is 40.3. The Balaban J connectivity index is 1.52. The van der Waals surface area contributed by atoms with Gasteiger partial charge in [-0.2, -0.15) is 0 Å².